The Hall–Kier alpha value is -4.33. The second-order valence-corrected chi connectivity index (χ2v) is 9.28. The number of fused-ring (bicyclic) bond motifs is 1. The molecule has 1 heterocycles. The average Bonchev–Trinajstić information content (AvgIpc) is 2.88. The summed E-state index contributed by atoms with van der Waals surface area (Å²) in [5.74, 6) is 0.787. The number of aromatic nitrogens is 2. The Bertz CT molecular complexity index is 1460. The molecule has 0 aliphatic rings. The van der Waals surface area contributed by atoms with Crippen LogP contribution in [0.25, 0.3) is 22.3 Å². The topological polar surface area (TPSA) is 91.7 Å². The number of nitrogens with zero attached hydrogens (tertiary/aromatic N) is 2. The van der Waals surface area contributed by atoms with Crippen molar-refractivity contribution in [3.8, 4) is 28.6 Å². The highest BCUT2D eigenvalue weighted by Crippen LogP contribution is 2.38. The van der Waals surface area contributed by atoms with Crippen molar-refractivity contribution in [2.24, 2.45) is 0 Å². The number of methoxy groups -OCH3 is 3. The molecule has 8 heteroatoms. The maximum Gasteiger partial charge on any atom is 0.280 e. The van der Waals surface area contributed by atoms with Gasteiger partial charge < -0.3 is 14.2 Å². The van der Waals surface area contributed by atoms with Gasteiger partial charge in [-0.2, -0.15) is 4.68 Å². The number of carbonyl (C=O) groups excluding carboxylic acids is 1. The Balaban J connectivity index is 1.84. The number of carbonyl (C=O) groups is 1. The van der Waals surface area contributed by atoms with Crippen molar-refractivity contribution in [3.05, 3.63) is 82.1 Å². The molecular weight excluding hydrogens is 458 g/mol. The molecule has 1 aromatic heterocycles. The standard InChI is InChI=1S/C28H29N3O5/c1-28(2,3)19-13-11-17(12-14-19)25-29-21-10-8-7-9-20(21)27(33)31(25)30-26(32)18-15-22(34-4)24(36-6)23(16-18)35-5/h7-16H,1-6H3,(H,30,32). The highest BCUT2D eigenvalue weighted by atomic mass is 16.5. The predicted octanol–water partition coefficient (Wildman–Crippen LogP) is 4.77. The molecule has 186 valence electrons. The second kappa shape index (κ2) is 9.73. The molecule has 1 amide bonds. The van der Waals surface area contributed by atoms with Crippen LogP contribution in [0.3, 0.4) is 0 Å². The first kappa shape index (κ1) is 24.8. The third-order valence-electron chi connectivity index (χ3n) is 5.93. The fourth-order valence-electron chi connectivity index (χ4n) is 3.93. The Morgan fingerprint density at radius 3 is 2.06 bits per heavy atom. The van der Waals surface area contributed by atoms with Crippen molar-refractivity contribution in [1.82, 2.24) is 9.66 Å². The minimum absolute atomic E-state index is 0.0320. The van der Waals surface area contributed by atoms with Gasteiger partial charge in [0, 0.05) is 11.1 Å². The fraction of sp³-hybridized carbons (Fsp3) is 0.250. The smallest absolute Gasteiger partial charge is 0.280 e. The van der Waals surface area contributed by atoms with E-state index in [-0.39, 0.29) is 11.0 Å². The van der Waals surface area contributed by atoms with Gasteiger partial charge in [-0.3, -0.25) is 15.0 Å². The van der Waals surface area contributed by atoms with Gasteiger partial charge in [-0.15, -0.1) is 0 Å². The van der Waals surface area contributed by atoms with Gasteiger partial charge in [-0.05, 0) is 35.2 Å². The Morgan fingerprint density at radius 2 is 1.50 bits per heavy atom. The molecule has 0 fully saturated rings. The maximum absolute atomic E-state index is 13.5. The molecule has 0 unspecified atom stereocenters. The van der Waals surface area contributed by atoms with E-state index in [0.29, 0.717) is 39.5 Å². The van der Waals surface area contributed by atoms with Crippen LogP contribution >= 0.6 is 0 Å². The number of para-hydroxylation sites is 1. The van der Waals surface area contributed by atoms with Crippen LogP contribution in [0.5, 0.6) is 17.2 Å². The Labute approximate surface area is 209 Å². The van der Waals surface area contributed by atoms with Gasteiger partial charge in [-0.25, -0.2) is 4.98 Å². The van der Waals surface area contributed by atoms with Gasteiger partial charge in [0.25, 0.3) is 11.5 Å². The number of ether oxygens (including phenoxy) is 3. The number of nitrogens with one attached hydrogen (secondary N) is 1. The van der Waals surface area contributed by atoms with Crippen LogP contribution in [0.1, 0.15) is 36.7 Å². The number of hydrogen-bond donors (Lipinski definition) is 1. The molecule has 0 radical (unpaired) electrons. The van der Waals surface area contributed by atoms with Gasteiger partial charge in [0.1, 0.15) is 0 Å². The molecule has 0 saturated heterocycles. The maximum atomic E-state index is 13.5. The van der Waals surface area contributed by atoms with Crippen molar-refractivity contribution in [3.63, 3.8) is 0 Å². The molecule has 0 spiro atoms. The zero-order valence-corrected chi connectivity index (χ0v) is 21.2. The highest BCUT2D eigenvalue weighted by Gasteiger charge is 2.21. The first-order valence-corrected chi connectivity index (χ1v) is 11.4. The lowest BCUT2D eigenvalue weighted by atomic mass is 9.86. The van der Waals surface area contributed by atoms with Crippen LogP contribution in [-0.4, -0.2) is 36.9 Å². The summed E-state index contributed by atoms with van der Waals surface area (Å²) in [5.41, 5.74) is 4.89. The van der Waals surface area contributed by atoms with E-state index in [9.17, 15) is 9.59 Å². The van der Waals surface area contributed by atoms with Crippen molar-refractivity contribution in [2.45, 2.75) is 26.2 Å². The molecule has 4 aromatic rings. The molecule has 0 bridgehead atoms. The summed E-state index contributed by atoms with van der Waals surface area (Å²) >= 11 is 0. The normalized spacial score (nSPS) is 11.3. The van der Waals surface area contributed by atoms with Crippen molar-refractivity contribution < 1.29 is 19.0 Å². The minimum Gasteiger partial charge on any atom is -0.493 e. The van der Waals surface area contributed by atoms with E-state index >= 15 is 0 Å². The summed E-state index contributed by atoms with van der Waals surface area (Å²) in [6, 6.07) is 17.9. The minimum atomic E-state index is -0.541. The van der Waals surface area contributed by atoms with Crippen LogP contribution in [0.15, 0.2) is 65.5 Å². The number of rotatable bonds is 6. The van der Waals surface area contributed by atoms with Gasteiger partial charge in [0.2, 0.25) is 5.75 Å². The van der Waals surface area contributed by atoms with Crippen LogP contribution in [-0.2, 0) is 5.41 Å². The van der Waals surface area contributed by atoms with Crippen molar-refractivity contribution >= 4 is 16.8 Å². The zero-order chi connectivity index (χ0) is 26.0. The van der Waals surface area contributed by atoms with Crippen LogP contribution in [0.2, 0.25) is 0 Å². The quantitative estimate of drug-likeness (QED) is 0.421. The Kier molecular flexibility index (Phi) is 6.70. The number of benzene rings is 3. The fourth-order valence-corrected chi connectivity index (χ4v) is 3.93. The lowest BCUT2D eigenvalue weighted by Gasteiger charge is -2.20. The molecule has 36 heavy (non-hydrogen) atoms. The molecule has 0 aliphatic carbocycles. The first-order chi connectivity index (χ1) is 17.2. The number of amides is 1. The third-order valence-corrected chi connectivity index (χ3v) is 5.93. The van der Waals surface area contributed by atoms with Crippen molar-refractivity contribution in [2.75, 3.05) is 26.8 Å². The average molecular weight is 488 g/mol. The van der Waals surface area contributed by atoms with E-state index in [1.54, 1.807) is 18.2 Å². The zero-order valence-electron chi connectivity index (χ0n) is 21.2. The molecule has 1 N–H and O–H groups in total. The van der Waals surface area contributed by atoms with E-state index in [2.05, 4.69) is 26.2 Å². The predicted molar refractivity (Wildman–Crippen MR) is 140 cm³/mol. The van der Waals surface area contributed by atoms with Crippen molar-refractivity contribution in [1.29, 1.82) is 0 Å². The first-order valence-electron chi connectivity index (χ1n) is 11.4. The van der Waals surface area contributed by atoms with Gasteiger partial charge in [0.05, 0.1) is 32.2 Å². The highest BCUT2D eigenvalue weighted by molar-refractivity contribution is 6.01. The summed E-state index contributed by atoms with van der Waals surface area (Å²) in [7, 11) is 4.42. The number of hydrogen-bond acceptors (Lipinski definition) is 6. The summed E-state index contributed by atoms with van der Waals surface area (Å²) in [6.45, 7) is 6.39. The lowest BCUT2D eigenvalue weighted by Crippen LogP contribution is -2.35. The monoisotopic (exact) mass is 487 g/mol. The molecule has 4 rings (SSSR count). The van der Waals surface area contributed by atoms with E-state index < -0.39 is 11.5 Å². The lowest BCUT2D eigenvalue weighted by molar-refractivity contribution is 0.101. The summed E-state index contributed by atoms with van der Waals surface area (Å²) in [6.07, 6.45) is 0. The van der Waals surface area contributed by atoms with Gasteiger partial charge in [-0.1, -0.05) is 57.2 Å². The second-order valence-electron chi connectivity index (χ2n) is 9.28. The van der Waals surface area contributed by atoms with Gasteiger partial charge in [0.15, 0.2) is 17.3 Å². The van der Waals surface area contributed by atoms with Crippen LogP contribution in [0.4, 0.5) is 0 Å². The summed E-state index contributed by atoms with van der Waals surface area (Å²) in [5, 5.41) is 0.387. The molecule has 8 nitrogen and oxygen atoms in total. The van der Waals surface area contributed by atoms with Crippen LogP contribution in [0, 0.1) is 0 Å². The molecule has 0 atom stereocenters. The molecular formula is C28H29N3O5. The van der Waals surface area contributed by atoms with Gasteiger partial charge >= 0.3 is 0 Å². The summed E-state index contributed by atoms with van der Waals surface area (Å²) in [4.78, 5) is 31.6. The Morgan fingerprint density at radius 1 is 0.889 bits per heavy atom. The SMILES string of the molecule is COc1cc(C(=O)Nn2c(-c3ccc(C(C)(C)C)cc3)nc3ccccc3c2=O)cc(OC)c1OC. The van der Waals surface area contributed by atoms with E-state index in [0.717, 1.165) is 5.56 Å². The molecule has 0 aliphatic heterocycles. The van der Waals surface area contributed by atoms with E-state index in [1.807, 2.05) is 30.3 Å². The largest absolute Gasteiger partial charge is 0.493 e. The van der Waals surface area contributed by atoms with E-state index in [4.69, 9.17) is 19.2 Å². The summed E-state index contributed by atoms with van der Waals surface area (Å²) < 4.78 is 17.3. The van der Waals surface area contributed by atoms with Crippen LogP contribution < -0.4 is 25.2 Å². The molecule has 0 saturated carbocycles. The van der Waals surface area contributed by atoms with E-state index in [1.165, 1.54) is 38.1 Å². The third kappa shape index (κ3) is 4.62. The molecule has 3 aromatic carbocycles.